The van der Waals surface area contributed by atoms with Gasteiger partial charge in [0.05, 0.1) is 0 Å². The first kappa shape index (κ1) is 8.92. The Bertz CT molecular complexity index is 187. The zero-order chi connectivity index (χ0) is 8.27. The zero-order valence-electron chi connectivity index (χ0n) is 7.55. The van der Waals surface area contributed by atoms with Crippen LogP contribution >= 0.6 is 11.8 Å². The Balaban J connectivity index is 2.75. The third-order valence-electron chi connectivity index (χ3n) is 1.99. The molecule has 0 unspecified atom stereocenters. The van der Waals surface area contributed by atoms with Gasteiger partial charge in [0.15, 0.2) is 0 Å². The van der Waals surface area contributed by atoms with E-state index in [1.54, 1.807) is 5.57 Å². The highest BCUT2D eigenvalue weighted by Crippen LogP contribution is 2.31. The van der Waals surface area contributed by atoms with Crippen LogP contribution in [0.25, 0.3) is 0 Å². The van der Waals surface area contributed by atoms with E-state index in [0.29, 0.717) is 5.92 Å². The van der Waals surface area contributed by atoms with Crippen LogP contribution in [-0.4, -0.2) is 6.26 Å². The minimum absolute atomic E-state index is 0.689. The molecule has 62 valence electrons. The molecule has 0 aromatic heterocycles. The lowest BCUT2D eigenvalue weighted by molar-refractivity contribution is 0.770. The summed E-state index contributed by atoms with van der Waals surface area (Å²) in [7, 11) is 0. The molecule has 0 spiro atoms. The van der Waals surface area contributed by atoms with Crippen LogP contribution in [0, 0.1) is 5.92 Å². The Kier molecular flexibility index (Phi) is 3.25. The molecule has 0 nitrogen and oxygen atoms in total. The van der Waals surface area contributed by atoms with Crippen LogP contribution in [-0.2, 0) is 0 Å². The maximum Gasteiger partial charge on any atom is 0.00608 e. The Hall–Kier alpha value is -0.170. The molecule has 1 aliphatic rings. The van der Waals surface area contributed by atoms with Crippen molar-refractivity contribution in [3.63, 3.8) is 0 Å². The molecule has 0 heterocycles. The van der Waals surface area contributed by atoms with Gasteiger partial charge >= 0.3 is 0 Å². The highest BCUT2D eigenvalue weighted by atomic mass is 32.2. The molecule has 0 radical (unpaired) electrons. The van der Waals surface area contributed by atoms with Gasteiger partial charge in [-0.25, -0.2) is 0 Å². The fraction of sp³-hybridized carbons (Fsp3) is 0.600. The fourth-order valence-corrected chi connectivity index (χ4v) is 2.23. The lowest BCUT2D eigenvalue weighted by Gasteiger charge is -2.17. The highest BCUT2D eigenvalue weighted by molar-refractivity contribution is 8.02. The summed E-state index contributed by atoms with van der Waals surface area (Å²) in [5, 5.41) is 0. The molecular weight excluding hydrogens is 152 g/mol. The topological polar surface area (TPSA) is 0 Å². The summed E-state index contributed by atoms with van der Waals surface area (Å²) in [6.07, 6.45) is 9.37. The van der Waals surface area contributed by atoms with Gasteiger partial charge in [-0.3, -0.25) is 0 Å². The highest BCUT2D eigenvalue weighted by Gasteiger charge is 2.10. The second-order valence-electron chi connectivity index (χ2n) is 3.16. The first-order valence-corrected chi connectivity index (χ1v) is 5.42. The van der Waals surface area contributed by atoms with E-state index in [2.05, 4.69) is 32.3 Å². The first-order chi connectivity index (χ1) is 5.25. The van der Waals surface area contributed by atoms with Crippen LogP contribution in [0.5, 0.6) is 0 Å². The number of allylic oxidation sites excluding steroid dienone is 3. The van der Waals surface area contributed by atoms with Gasteiger partial charge in [0, 0.05) is 4.91 Å². The van der Waals surface area contributed by atoms with Crippen LogP contribution < -0.4 is 0 Å². The van der Waals surface area contributed by atoms with Crippen LogP contribution in [0.15, 0.2) is 22.6 Å². The monoisotopic (exact) mass is 168 g/mol. The van der Waals surface area contributed by atoms with Crippen molar-refractivity contribution in [1.29, 1.82) is 0 Å². The van der Waals surface area contributed by atoms with Gasteiger partial charge in [0.1, 0.15) is 0 Å². The molecule has 0 saturated heterocycles. The van der Waals surface area contributed by atoms with Crippen molar-refractivity contribution in [2.75, 3.05) is 6.26 Å². The normalized spacial score (nSPS) is 18.2. The molecule has 0 bridgehead atoms. The molecule has 0 N–H and O–H groups in total. The lowest BCUT2D eigenvalue weighted by atomic mass is 9.97. The quantitative estimate of drug-likeness (QED) is 0.607. The van der Waals surface area contributed by atoms with Crippen LogP contribution in [0.2, 0.25) is 0 Å². The van der Waals surface area contributed by atoms with Crippen molar-refractivity contribution >= 4 is 11.8 Å². The minimum Gasteiger partial charge on any atom is -0.130 e. The van der Waals surface area contributed by atoms with Gasteiger partial charge in [-0.15, -0.1) is 11.8 Å². The van der Waals surface area contributed by atoms with Gasteiger partial charge in [-0.2, -0.15) is 0 Å². The summed E-state index contributed by atoms with van der Waals surface area (Å²) in [4.78, 5) is 1.49. The maximum atomic E-state index is 2.39. The standard InChI is InChI=1S/C10H16S/c1-8(2)9-6-4-5-7-10(9)11-3/h6-8H,4-5H2,1-3H3. The molecule has 0 aromatic carbocycles. The summed E-state index contributed by atoms with van der Waals surface area (Å²) in [5.41, 5.74) is 1.55. The number of hydrogen-bond acceptors (Lipinski definition) is 1. The average molecular weight is 168 g/mol. The third-order valence-corrected chi connectivity index (χ3v) is 2.83. The van der Waals surface area contributed by atoms with Crippen molar-refractivity contribution < 1.29 is 0 Å². The van der Waals surface area contributed by atoms with E-state index in [1.807, 2.05) is 11.8 Å². The summed E-state index contributed by atoms with van der Waals surface area (Å²) >= 11 is 1.87. The molecule has 11 heavy (non-hydrogen) atoms. The third kappa shape index (κ3) is 2.13. The van der Waals surface area contributed by atoms with Gasteiger partial charge in [0.25, 0.3) is 0 Å². The van der Waals surface area contributed by atoms with Crippen molar-refractivity contribution in [3.8, 4) is 0 Å². The van der Waals surface area contributed by atoms with Crippen molar-refractivity contribution in [3.05, 3.63) is 22.6 Å². The van der Waals surface area contributed by atoms with Gasteiger partial charge in [0.2, 0.25) is 0 Å². The molecule has 0 fully saturated rings. The van der Waals surface area contributed by atoms with Crippen molar-refractivity contribution in [2.45, 2.75) is 26.7 Å². The lowest BCUT2D eigenvalue weighted by Crippen LogP contribution is -1.99. The summed E-state index contributed by atoms with van der Waals surface area (Å²) < 4.78 is 0. The van der Waals surface area contributed by atoms with Crippen LogP contribution in [0.3, 0.4) is 0 Å². The molecular formula is C10H16S. The average Bonchev–Trinajstić information content (AvgIpc) is 2.04. The van der Waals surface area contributed by atoms with Crippen LogP contribution in [0.4, 0.5) is 0 Å². The Labute approximate surface area is 73.8 Å². The summed E-state index contributed by atoms with van der Waals surface area (Å²) in [6.45, 7) is 4.53. The molecule has 0 aliphatic heterocycles. The van der Waals surface area contributed by atoms with Crippen molar-refractivity contribution in [1.82, 2.24) is 0 Å². The van der Waals surface area contributed by atoms with E-state index in [4.69, 9.17) is 0 Å². The molecule has 0 amide bonds. The van der Waals surface area contributed by atoms with E-state index in [0.717, 1.165) is 0 Å². The second-order valence-corrected chi connectivity index (χ2v) is 4.01. The molecule has 0 aromatic rings. The van der Waals surface area contributed by atoms with E-state index in [-0.39, 0.29) is 0 Å². The van der Waals surface area contributed by atoms with Crippen molar-refractivity contribution in [2.24, 2.45) is 5.92 Å². The fourth-order valence-electron chi connectivity index (χ4n) is 1.39. The summed E-state index contributed by atoms with van der Waals surface area (Å²) in [5.74, 6) is 0.689. The van der Waals surface area contributed by atoms with Gasteiger partial charge in [-0.05, 0) is 30.6 Å². The largest absolute Gasteiger partial charge is 0.130 e. The predicted octanol–water partition coefficient (Wildman–Crippen LogP) is 3.61. The van der Waals surface area contributed by atoms with E-state index < -0.39 is 0 Å². The first-order valence-electron chi connectivity index (χ1n) is 4.20. The minimum atomic E-state index is 0.689. The smallest absolute Gasteiger partial charge is 0.00608 e. The Morgan fingerprint density at radius 3 is 2.36 bits per heavy atom. The number of rotatable bonds is 2. The molecule has 0 atom stereocenters. The van der Waals surface area contributed by atoms with E-state index in [1.165, 1.54) is 17.7 Å². The number of thioether (sulfide) groups is 1. The maximum absolute atomic E-state index is 2.39. The second kappa shape index (κ2) is 4.01. The SMILES string of the molecule is CSC1=CCCC=C1C(C)C. The Morgan fingerprint density at radius 1 is 1.27 bits per heavy atom. The number of hydrogen-bond donors (Lipinski definition) is 0. The molecule has 1 rings (SSSR count). The zero-order valence-corrected chi connectivity index (χ0v) is 8.37. The van der Waals surface area contributed by atoms with Crippen LogP contribution in [0.1, 0.15) is 26.7 Å². The van der Waals surface area contributed by atoms with E-state index in [9.17, 15) is 0 Å². The van der Waals surface area contributed by atoms with Gasteiger partial charge < -0.3 is 0 Å². The molecule has 0 saturated carbocycles. The van der Waals surface area contributed by atoms with Gasteiger partial charge in [-0.1, -0.05) is 26.0 Å². The predicted molar refractivity (Wildman–Crippen MR) is 53.8 cm³/mol. The Morgan fingerprint density at radius 2 is 1.91 bits per heavy atom. The summed E-state index contributed by atoms with van der Waals surface area (Å²) in [6, 6.07) is 0. The van der Waals surface area contributed by atoms with E-state index >= 15 is 0 Å². The molecule has 1 aliphatic carbocycles. The molecule has 1 heteroatoms.